The van der Waals surface area contributed by atoms with E-state index >= 15 is 0 Å². The molecule has 0 aliphatic carbocycles. The fourth-order valence-electron chi connectivity index (χ4n) is 3.53. The van der Waals surface area contributed by atoms with Crippen LogP contribution < -0.4 is 11.3 Å². The summed E-state index contributed by atoms with van der Waals surface area (Å²) >= 11 is 0. The van der Waals surface area contributed by atoms with E-state index in [2.05, 4.69) is 55.3 Å². The number of aromatic nitrogens is 3. The van der Waals surface area contributed by atoms with E-state index < -0.39 is 0 Å². The zero-order valence-corrected chi connectivity index (χ0v) is 14.3. The van der Waals surface area contributed by atoms with Gasteiger partial charge < -0.3 is 0 Å². The van der Waals surface area contributed by atoms with Gasteiger partial charge in [-0.2, -0.15) is 0 Å². The Balaban J connectivity index is 3.27. The van der Waals surface area contributed by atoms with E-state index in [1.165, 1.54) is 0 Å². The second kappa shape index (κ2) is 8.46. The molecule has 1 rings (SSSR count). The third kappa shape index (κ3) is 3.44. The molecule has 1 aromatic rings. The molecular formula is C15H32N6. The molecule has 0 bridgehead atoms. The topological polar surface area (TPSA) is 72.0 Å². The first kappa shape index (κ1) is 18.1. The minimum Gasteiger partial charge on any atom is -0.296 e. The minimum absolute atomic E-state index is 0.0222. The van der Waals surface area contributed by atoms with Crippen molar-refractivity contribution in [1.82, 2.24) is 25.3 Å². The summed E-state index contributed by atoms with van der Waals surface area (Å²) in [5, 5.41) is 8.32. The van der Waals surface area contributed by atoms with E-state index in [0.717, 1.165) is 44.6 Å². The van der Waals surface area contributed by atoms with E-state index in [-0.39, 0.29) is 11.6 Å². The highest BCUT2D eigenvalue weighted by molar-refractivity contribution is 5.13. The molecule has 0 spiro atoms. The Hall–Kier alpha value is -0.980. The summed E-state index contributed by atoms with van der Waals surface area (Å²) in [6.07, 6.45) is 4.93. The standard InChI is InChI=1S/C15H32N6/c1-6-11-21-13(12-17-19-21)14(18-16)15(7-2,8-3)20(9-4)10-5/h12,14,18H,6-11,16H2,1-5H3. The molecule has 0 amide bonds. The Labute approximate surface area is 129 Å². The van der Waals surface area contributed by atoms with Gasteiger partial charge in [0.1, 0.15) is 0 Å². The van der Waals surface area contributed by atoms with Crippen molar-refractivity contribution in [2.75, 3.05) is 13.1 Å². The third-order valence-corrected chi connectivity index (χ3v) is 4.70. The number of likely N-dealkylation sites (N-methyl/N-ethyl adjacent to an activating group) is 1. The van der Waals surface area contributed by atoms with Crippen molar-refractivity contribution in [3.05, 3.63) is 11.9 Å². The summed E-state index contributed by atoms with van der Waals surface area (Å²) in [6, 6.07) is 0.0222. The molecule has 0 radical (unpaired) electrons. The van der Waals surface area contributed by atoms with E-state index in [1.807, 2.05) is 10.9 Å². The largest absolute Gasteiger partial charge is 0.296 e. The van der Waals surface area contributed by atoms with E-state index in [9.17, 15) is 0 Å². The van der Waals surface area contributed by atoms with Crippen molar-refractivity contribution < 1.29 is 0 Å². The summed E-state index contributed by atoms with van der Waals surface area (Å²) < 4.78 is 1.98. The minimum atomic E-state index is -0.0224. The number of nitrogens with two attached hydrogens (primary N) is 1. The van der Waals surface area contributed by atoms with Crippen LogP contribution in [-0.2, 0) is 6.54 Å². The summed E-state index contributed by atoms with van der Waals surface area (Å²) in [4.78, 5) is 2.50. The number of hydrogen-bond acceptors (Lipinski definition) is 5. The predicted octanol–water partition coefficient (Wildman–Crippen LogP) is 2.09. The van der Waals surface area contributed by atoms with Gasteiger partial charge in [-0.3, -0.25) is 10.7 Å². The molecule has 122 valence electrons. The van der Waals surface area contributed by atoms with E-state index in [0.29, 0.717) is 0 Å². The van der Waals surface area contributed by atoms with Gasteiger partial charge in [-0.15, -0.1) is 5.10 Å². The fraction of sp³-hybridized carbons (Fsp3) is 0.867. The Morgan fingerprint density at radius 2 is 1.86 bits per heavy atom. The Kier molecular flexibility index (Phi) is 7.28. The van der Waals surface area contributed by atoms with Crippen LogP contribution >= 0.6 is 0 Å². The average molecular weight is 296 g/mol. The SMILES string of the molecule is CCCn1nncc1C(NN)C(CC)(CC)N(CC)CC. The van der Waals surface area contributed by atoms with Gasteiger partial charge in [0, 0.05) is 12.1 Å². The molecule has 0 saturated carbocycles. The van der Waals surface area contributed by atoms with Crippen LogP contribution in [0.25, 0.3) is 0 Å². The van der Waals surface area contributed by atoms with Gasteiger partial charge in [0.2, 0.25) is 0 Å². The highest BCUT2D eigenvalue weighted by atomic mass is 15.4. The van der Waals surface area contributed by atoms with Crippen molar-refractivity contribution in [3.63, 3.8) is 0 Å². The van der Waals surface area contributed by atoms with Crippen LogP contribution in [0.15, 0.2) is 6.20 Å². The lowest BCUT2D eigenvalue weighted by Crippen LogP contribution is -2.57. The van der Waals surface area contributed by atoms with E-state index in [4.69, 9.17) is 5.84 Å². The molecule has 6 nitrogen and oxygen atoms in total. The van der Waals surface area contributed by atoms with Crippen LogP contribution in [0, 0.1) is 0 Å². The molecule has 1 unspecified atom stereocenters. The highest BCUT2D eigenvalue weighted by Crippen LogP contribution is 2.36. The second-order valence-electron chi connectivity index (χ2n) is 5.46. The molecule has 3 N–H and O–H groups in total. The summed E-state index contributed by atoms with van der Waals surface area (Å²) in [6.45, 7) is 13.9. The molecule has 1 aromatic heterocycles. The molecule has 0 aromatic carbocycles. The smallest absolute Gasteiger partial charge is 0.0828 e. The molecule has 21 heavy (non-hydrogen) atoms. The van der Waals surface area contributed by atoms with Crippen LogP contribution in [0.2, 0.25) is 0 Å². The van der Waals surface area contributed by atoms with Gasteiger partial charge in [0.15, 0.2) is 0 Å². The number of nitrogens with zero attached hydrogens (tertiary/aromatic N) is 4. The molecule has 1 atom stereocenters. The molecule has 0 saturated heterocycles. The molecular weight excluding hydrogens is 264 g/mol. The lowest BCUT2D eigenvalue weighted by atomic mass is 9.81. The van der Waals surface area contributed by atoms with Crippen LogP contribution in [0.3, 0.4) is 0 Å². The first-order chi connectivity index (χ1) is 10.1. The maximum atomic E-state index is 5.97. The molecule has 6 heteroatoms. The number of aryl methyl sites for hydroxylation is 1. The van der Waals surface area contributed by atoms with Crippen molar-refractivity contribution in [2.45, 2.75) is 72.0 Å². The van der Waals surface area contributed by atoms with Crippen molar-refractivity contribution in [3.8, 4) is 0 Å². The molecule has 0 fully saturated rings. The first-order valence-corrected chi connectivity index (χ1v) is 8.24. The van der Waals surface area contributed by atoms with Crippen molar-refractivity contribution >= 4 is 0 Å². The highest BCUT2D eigenvalue weighted by Gasteiger charge is 2.42. The average Bonchev–Trinajstić information content (AvgIpc) is 2.95. The molecule has 0 aliphatic rings. The van der Waals surface area contributed by atoms with Gasteiger partial charge in [-0.25, -0.2) is 10.1 Å². The zero-order chi connectivity index (χ0) is 15.9. The number of rotatable bonds is 10. The normalized spacial score (nSPS) is 13.9. The predicted molar refractivity (Wildman–Crippen MR) is 86.6 cm³/mol. The monoisotopic (exact) mass is 296 g/mol. The summed E-state index contributed by atoms with van der Waals surface area (Å²) in [5.74, 6) is 5.97. The second-order valence-corrected chi connectivity index (χ2v) is 5.46. The van der Waals surface area contributed by atoms with Gasteiger partial charge in [-0.1, -0.05) is 39.8 Å². The summed E-state index contributed by atoms with van der Waals surface area (Å²) in [7, 11) is 0. The van der Waals surface area contributed by atoms with Crippen LogP contribution in [-0.4, -0.2) is 38.5 Å². The lowest BCUT2D eigenvalue weighted by Gasteiger charge is -2.47. The third-order valence-electron chi connectivity index (χ3n) is 4.70. The van der Waals surface area contributed by atoms with Crippen LogP contribution in [0.4, 0.5) is 0 Å². The number of hydrazine groups is 1. The fourth-order valence-corrected chi connectivity index (χ4v) is 3.53. The van der Waals surface area contributed by atoms with Gasteiger partial charge in [0.05, 0.1) is 17.9 Å². The maximum Gasteiger partial charge on any atom is 0.0828 e. The Bertz CT molecular complexity index is 395. The van der Waals surface area contributed by atoms with Crippen LogP contribution in [0.5, 0.6) is 0 Å². The van der Waals surface area contributed by atoms with Gasteiger partial charge >= 0.3 is 0 Å². The molecule has 1 heterocycles. The first-order valence-electron chi connectivity index (χ1n) is 8.24. The van der Waals surface area contributed by atoms with Crippen molar-refractivity contribution in [1.29, 1.82) is 0 Å². The Morgan fingerprint density at radius 3 is 2.29 bits per heavy atom. The van der Waals surface area contributed by atoms with Crippen LogP contribution in [0.1, 0.15) is 65.6 Å². The quantitative estimate of drug-likeness (QED) is 0.511. The number of hydrogen-bond donors (Lipinski definition) is 2. The van der Waals surface area contributed by atoms with Gasteiger partial charge in [-0.05, 0) is 32.4 Å². The number of nitrogens with one attached hydrogen (secondary N) is 1. The van der Waals surface area contributed by atoms with Crippen molar-refractivity contribution in [2.24, 2.45) is 5.84 Å². The maximum absolute atomic E-state index is 5.97. The molecule has 0 aliphatic heterocycles. The Morgan fingerprint density at radius 1 is 1.24 bits per heavy atom. The zero-order valence-electron chi connectivity index (χ0n) is 14.3. The summed E-state index contributed by atoms with van der Waals surface area (Å²) in [5.41, 5.74) is 4.11. The van der Waals surface area contributed by atoms with Gasteiger partial charge in [0.25, 0.3) is 0 Å². The van der Waals surface area contributed by atoms with E-state index in [1.54, 1.807) is 0 Å². The lowest BCUT2D eigenvalue weighted by molar-refractivity contribution is 0.0455.